The van der Waals surface area contributed by atoms with Crippen LogP contribution in [0.4, 0.5) is 5.69 Å². The molecule has 1 amide bonds. The maximum Gasteiger partial charge on any atom is 0.248 e. The summed E-state index contributed by atoms with van der Waals surface area (Å²) in [5, 5.41) is 2.79. The van der Waals surface area contributed by atoms with Gasteiger partial charge in [-0.2, -0.15) is 4.31 Å². The predicted octanol–water partition coefficient (Wildman–Crippen LogP) is 3.32. The Morgan fingerprint density at radius 1 is 1.18 bits per heavy atom. The van der Waals surface area contributed by atoms with E-state index in [4.69, 9.17) is 16.3 Å². The molecule has 6 nitrogen and oxygen atoms in total. The van der Waals surface area contributed by atoms with Crippen molar-refractivity contribution < 1.29 is 17.9 Å². The minimum absolute atomic E-state index is 0.0310. The second-order valence-corrected chi connectivity index (χ2v) is 8.71. The molecule has 1 fully saturated rings. The molecule has 0 unspecified atom stereocenters. The van der Waals surface area contributed by atoms with E-state index >= 15 is 0 Å². The zero-order chi connectivity index (χ0) is 20.1. The Morgan fingerprint density at radius 2 is 1.93 bits per heavy atom. The third-order valence-electron chi connectivity index (χ3n) is 4.26. The van der Waals surface area contributed by atoms with Gasteiger partial charge in [-0.15, -0.1) is 0 Å². The highest BCUT2D eigenvalue weighted by molar-refractivity contribution is 7.89. The number of hydrogen-bond donors (Lipinski definition) is 1. The third-order valence-corrected chi connectivity index (χ3v) is 6.64. The van der Waals surface area contributed by atoms with Gasteiger partial charge in [0.25, 0.3) is 0 Å². The topological polar surface area (TPSA) is 75.7 Å². The number of amides is 1. The highest BCUT2D eigenvalue weighted by Crippen LogP contribution is 2.28. The van der Waals surface area contributed by atoms with Crippen molar-refractivity contribution in [1.82, 2.24) is 4.31 Å². The summed E-state index contributed by atoms with van der Waals surface area (Å²) in [6.07, 6.45) is 3.10. The lowest BCUT2D eigenvalue weighted by Gasteiger charge is -2.26. The number of ether oxygens (including phenoxy) is 1. The molecule has 0 atom stereocenters. The SMILES string of the molecule is Cc1cccc(/C=C/C(=O)Nc2ccc(Cl)c(S(=O)(=O)N3CCOCC3)c2)c1. The van der Waals surface area contributed by atoms with Gasteiger partial charge in [-0.1, -0.05) is 41.4 Å². The van der Waals surface area contributed by atoms with Gasteiger partial charge in [0.05, 0.1) is 18.2 Å². The first-order valence-electron chi connectivity index (χ1n) is 8.79. The minimum atomic E-state index is -3.76. The monoisotopic (exact) mass is 420 g/mol. The van der Waals surface area contributed by atoms with E-state index in [2.05, 4.69) is 5.32 Å². The van der Waals surface area contributed by atoms with Crippen molar-refractivity contribution in [2.75, 3.05) is 31.6 Å². The van der Waals surface area contributed by atoms with Crippen molar-refractivity contribution in [3.05, 3.63) is 64.7 Å². The Morgan fingerprint density at radius 3 is 2.64 bits per heavy atom. The van der Waals surface area contributed by atoms with Gasteiger partial charge in [0.15, 0.2) is 0 Å². The fourth-order valence-corrected chi connectivity index (χ4v) is 4.74. The van der Waals surface area contributed by atoms with Gasteiger partial charge in [0.2, 0.25) is 15.9 Å². The van der Waals surface area contributed by atoms with Crippen molar-refractivity contribution in [3.63, 3.8) is 0 Å². The molecule has 1 N–H and O–H groups in total. The lowest BCUT2D eigenvalue weighted by molar-refractivity contribution is -0.111. The molecule has 0 bridgehead atoms. The number of sulfonamides is 1. The maximum absolute atomic E-state index is 12.8. The largest absolute Gasteiger partial charge is 0.379 e. The van der Waals surface area contributed by atoms with E-state index in [1.54, 1.807) is 12.1 Å². The van der Waals surface area contributed by atoms with Crippen LogP contribution in [-0.2, 0) is 19.6 Å². The molecule has 0 aliphatic carbocycles. The van der Waals surface area contributed by atoms with E-state index in [0.29, 0.717) is 18.9 Å². The molecule has 0 radical (unpaired) electrons. The quantitative estimate of drug-likeness (QED) is 0.753. The first-order valence-corrected chi connectivity index (χ1v) is 10.6. The fraction of sp³-hybridized carbons (Fsp3) is 0.250. The second-order valence-electron chi connectivity index (χ2n) is 6.40. The summed E-state index contributed by atoms with van der Waals surface area (Å²) >= 11 is 6.13. The number of rotatable bonds is 5. The Hall–Kier alpha value is -2.19. The summed E-state index contributed by atoms with van der Waals surface area (Å²) in [4.78, 5) is 12.2. The van der Waals surface area contributed by atoms with Crippen molar-refractivity contribution in [2.24, 2.45) is 0 Å². The number of carbonyl (C=O) groups is 1. The number of benzene rings is 2. The molecular weight excluding hydrogens is 400 g/mol. The van der Waals surface area contributed by atoms with E-state index in [9.17, 15) is 13.2 Å². The molecular formula is C20H21ClN2O4S. The number of nitrogens with zero attached hydrogens (tertiary/aromatic N) is 1. The Labute approximate surface area is 169 Å². The fourth-order valence-electron chi connectivity index (χ4n) is 2.83. The van der Waals surface area contributed by atoms with Gasteiger partial charge < -0.3 is 10.1 Å². The van der Waals surface area contributed by atoms with Crippen LogP contribution in [0.15, 0.2) is 53.4 Å². The van der Waals surface area contributed by atoms with Crippen LogP contribution in [0.2, 0.25) is 5.02 Å². The number of aryl methyl sites for hydroxylation is 1. The summed E-state index contributed by atoms with van der Waals surface area (Å²) in [5.41, 5.74) is 2.36. The second kappa shape index (κ2) is 8.87. The van der Waals surface area contributed by atoms with Crippen molar-refractivity contribution in [3.8, 4) is 0 Å². The van der Waals surface area contributed by atoms with Gasteiger partial charge >= 0.3 is 0 Å². The molecule has 2 aromatic rings. The predicted molar refractivity (Wildman–Crippen MR) is 110 cm³/mol. The smallest absolute Gasteiger partial charge is 0.248 e. The standard InChI is InChI=1S/C20H21ClN2O4S/c1-15-3-2-4-16(13-15)5-8-20(24)22-17-6-7-18(21)19(14-17)28(25,26)23-9-11-27-12-10-23/h2-8,13-14H,9-12H2,1H3,(H,22,24)/b8-5+. The highest BCUT2D eigenvalue weighted by atomic mass is 35.5. The average Bonchev–Trinajstić information content (AvgIpc) is 2.68. The number of morpholine rings is 1. The van der Waals surface area contributed by atoms with Crippen molar-refractivity contribution >= 4 is 39.3 Å². The molecule has 0 saturated carbocycles. The van der Waals surface area contributed by atoms with E-state index in [1.165, 1.54) is 22.5 Å². The van der Waals surface area contributed by atoms with Gasteiger partial charge in [0.1, 0.15) is 4.90 Å². The van der Waals surface area contributed by atoms with Crippen LogP contribution in [0.1, 0.15) is 11.1 Å². The number of nitrogens with one attached hydrogen (secondary N) is 1. The summed E-state index contributed by atoms with van der Waals surface area (Å²) in [5.74, 6) is -0.362. The van der Waals surface area contributed by atoms with Crippen molar-refractivity contribution in [2.45, 2.75) is 11.8 Å². The first kappa shape index (κ1) is 20.5. The van der Waals surface area contributed by atoms with Crippen LogP contribution in [0.3, 0.4) is 0 Å². The number of carbonyl (C=O) groups excluding carboxylic acids is 1. The molecule has 8 heteroatoms. The Bertz CT molecular complexity index is 999. The summed E-state index contributed by atoms with van der Waals surface area (Å²) in [7, 11) is -3.76. The summed E-state index contributed by atoms with van der Waals surface area (Å²) < 4.78 is 32.2. The molecule has 148 valence electrons. The van der Waals surface area contributed by atoms with E-state index in [1.807, 2.05) is 31.2 Å². The molecule has 0 spiro atoms. The van der Waals surface area contributed by atoms with Crippen LogP contribution in [-0.4, -0.2) is 44.9 Å². The third kappa shape index (κ3) is 4.99. The Balaban J connectivity index is 1.76. The highest BCUT2D eigenvalue weighted by Gasteiger charge is 2.28. The van der Waals surface area contributed by atoms with Crippen LogP contribution in [0, 0.1) is 6.92 Å². The summed E-state index contributed by atoms with van der Waals surface area (Å²) in [6, 6.07) is 12.2. The molecule has 1 aliphatic heterocycles. The van der Waals surface area contributed by atoms with E-state index < -0.39 is 10.0 Å². The normalized spacial score (nSPS) is 15.6. The van der Waals surface area contributed by atoms with Crippen LogP contribution >= 0.6 is 11.6 Å². The van der Waals surface area contributed by atoms with Gasteiger partial charge in [-0.3, -0.25) is 4.79 Å². The summed E-state index contributed by atoms with van der Waals surface area (Å²) in [6.45, 7) is 3.21. The molecule has 0 aromatic heterocycles. The lowest BCUT2D eigenvalue weighted by Crippen LogP contribution is -2.40. The number of hydrogen-bond acceptors (Lipinski definition) is 4. The van der Waals surface area contributed by atoms with Crippen LogP contribution in [0.25, 0.3) is 6.08 Å². The molecule has 2 aromatic carbocycles. The molecule has 1 saturated heterocycles. The molecule has 3 rings (SSSR count). The zero-order valence-electron chi connectivity index (χ0n) is 15.4. The Kier molecular flexibility index (Phi) is 6.51. The van der Waals surface area contributed by atoms with Crippen molar-refractivity contribution in [1.29, 1.82) is 0 Å². The molecule has 28 heavy (non-hydrogen) atoms. The van der Waals surface area contributed by atoms with E-state index in [0.717, 1.165) is 11.1 Å². The number of anilines is 1. The van der Waals surface area contributed by atoms with E-state index in [-0.39, 0.29) is 28.9 Å². The maximum atomic E-state index is 12.8. The van der Waals surface area contributed by atoms with Crippen LogP contribution < -0.4 is 5.32 Å². The molecule has 1 heterocycles. The number of halogens is 1. The zero-order valence-corrected chi connectivity index (χ0v) is 17.0. The van der Waals surface area contributed by atoms with Gasteiger partial charge in [-0.05, 0) is 36.8 Å². The minimum Gasteiger partial charge on any atom is -0.379 e. The first-order chi connectivity index (χ1) is 13.4. The molecule has 1 aliphatic rings. The van der Waals surface area contributed by atoms with Gasteiger partial charge in [-0.25, -0.2) is 8.42 Å². The average molecular weight is 421 g/mol. The van der Waals surface area contributed by atoms with Gasteiger partial charge in [0, 0.05) is 24.9 Å². The lowest BCUT2D eigenvalue weighted by atomic mass is 10.1. The van der Waals surface area contributed by atoms with Crippen LogP contribution in [0.5, 0.6) is 0 Å².